The second-order valence-corrected chi connectivity index (χ2v) is 2.64. The van der Waals surface area contributed by atoms with Crippen LogP contribution in [0, 0.1) is 0 Å². The van der Waals surface area contributed by atoms with Crippen LogP contribution in [0.2, 0.25) is 0 Å². The Bertz CT molecular complexity index is 361. The lowest BCUT2D eigenvalue weighted by Gasteiger charge is -2.09. The second-order valence-electron chi connectivity index (χ2n) is 2.64. The van der Waals surface area contributed by atoms with Crippen LogP contribution in [-0.4, -0.2) is 22.8 Å². The molecule has 1 rings (SSSR count). The van der Waals surface area contributed by atoms with Gasteiger partial charge in [0.25, 0.3) is 0 Å². The SMILES string of the molecule is FC(F)(F)COc1cncc(C(F)(F)F)n1. The van der Waals surface area contributed by atoms with Crippen molar-refractivity contribution in [1.82, 2.24) is 9.97 Å². The summed E-state index contributed by atoms with van der Waals surface area (Å²) in [4.78, 5) is 5.91. The Hall–Kier alpha value is -1.54. The lowest BCUT2D eigenvalue weighted by atomic mass is 10.4. The Labute approximate surface area is 85.1 Å². The van der Waals surface area contributed by atoms with Gasteiger partial charge in [0.05, 0.1) is 12.4 Å². The fraction of sp³-hybridized carbons (Fsp3) is 0.429. The van der Waals surface area contributed by atoms with Gasteiger partial charge in [-0.1, -0.05) is 0 Å². The zero-order valence-corrected chi connectivity index (χ0v) is 7.43. The van der Waals surface area contributed by atoms with Gasteiger partial charge in [-0.05, 0) is 0 Å². The molecule has 9 heteroatoms. The molecule has 0 bridgehead atoms. The number of ether oxygens (including phenoxy) is 1. The molecular weight excluding hydrogens is 242 g/mol. The third kappa shape index (κ3) is 3.91. The van der Waals surface area contributed by atoms with Crippen molar-refractivity contribution in [2.75, 3.05) is 6.61 Å². The Kier molecular flexibility index (Phi) is 3.24. The summed E-state index contributed by atoms with van der Waals surface area (Å²) in [6, 6.07) is 0. The minimum absolute atomic E-state index is 0.389. The smallest absolute Gasteiger partial charge is 0.435 e. The predicted octanol–water partition coefficient (Wildman–Crippen LogP) is 2.44. The van der Waals surface area contributed by atoms with Crippen molar-refractivity contribution in [2.45, 2.75) is 12.4 Å². The van der Waals surface area contributed by atoms with Gasteiger partial charge in [-0.2, -0.15) is 26.3 Å². The number of hydrogen-bond acceptors (Lipinski definition) is 3. The minimum Gasteiger partial charge on any atom is -0.467 e. The van der Waals surface area contributed by atoms with Crippen molar-refractivity contribution in [3.8, 4) is 5.88 Å². The number of hydrogen-bond donors (Lipinski definition) is 0. The number of alkyl halides is 6. The van der Waals surface area contributed by atoms with Crippen molar-refractivity contribution in [1.29, 1.82) is 0 Å². The molecule has 1 aromatic rings. The molecule has 0 aliphatic rings. The van der Waals surface area contributed by atoms with E-state index in [9.17, 15) is 26.3 Å². The van der Waals surface area contributed by atoms with Crippen LogP contribution in [0.3, 0.4) is 0 Å². The quantitative estimate of drug-likeness (QED) is 0.752. The van der Waals surface area contributed by atoms with E-state index in [1.54, 1.807) is 0 Å². The van der Waals surface area contributed by atoms with Crippen LogP contribution in [0.1, 0.15) is 5.69 Å². The molecule has 16 heavy (non-hydrogen) atoms. The van der Waals surface area contributed by atoms with Crippen LogP contribution in [-0.2, 0) is 6.18 Å². The molecule has 0 saturated carbocycles. The maximum Gasteiger partial charge on any atom is 0.435 e. The third-order valence-electron chi connectivity index (χ3n) is 1.29. The fourth-order valence-corrected chi connectivity index (χ4v) is 0.710. The molecule has 1 aromatic heterocycles. The molecule has 0 amide bonds. The molecule has 0 radical (unpaired) electrons. The lowest BCUT2D eigenvalue weighted by Crippen LogP contribution is -2.20. The molecule has 1 heterocycles. The Balaban J connectivity index is 2.76. The largest absolute Gasteiger partial charge is 0.467 e. The van der Waals surface area contributed by atoms with E-state index in [4.69, 9.17) is 0 Å². The second kappa shape index (κ2) is 4.14. The molecule has 90 valence electrons. The summed E-state index contributed by atoms with van der Waals surface area (Å²) in [6.07, 6.45) is -8.36. The number of halogens is 6. The number of rotatable bonds is 2. The Morgan fingerprint density at radius 3 is 2.19 bits per heavy atom. The van der Waals surface area contributed by atoms with E-state index in [2.05, 4.69) is 14.7 Å². The summed E-state index contributed by atoms with van der Waals surface area (Å²) in [5.74, 6) is -0.827. The zero-order valence-electron chi connectivity index (χ0n) is 7.43. The van der Waals surface area contributed by atoms with E-state index < -0.39 is 30.5 Å². The first-order valence-corrected chi connectivity index (χ1v) is 3.77. The summed E-state index contributed by atoms with van der Waals surface area (Å²) in [5.41, 5.74) is -1.41. The monoisotopic (exact) mass is 246 g/mol. The van der Waals surface area contributed by atoms with Crippen molar-refractivity contribution in [3.63, 3.8) is 0 Å². The molecule has 0 fully saturated rings. The molecule has 0 atom stereocenters. The van der Waals surface area contributed by atoms with Crippen molar-refractivity contribution in [2.24, 2.45) is 0 Å². The van der Waals surface area contributed by atoms with E-state index in [1.165, 1.54) is 0 Å². The summed E-state index contributed by atoms with van der Waals surface area (Å²) < 4.78 is 75.2. The highest BCUT2D eigenvalue weighted by atomic mass is 19.4. The van der Waals surface area contributed by atoms with Gasteiger partial charge in [0.2, 0.25) is 5.88 Å². The van der Waals surface area contributed by atoms with Gasteiger partial charge in [-0.25, -0.2) is 4.98 Å². The van der Waals surface area contributed by atoms with Gasteiger partial charge in [-0.3, -0.25) is 4.98 Å². The first-order chi connectivity index (χ1) is 7.18. The van der Waals surface area contributed by atoms with Crippen molar-refractivity contribution >= 4 is 0 Å². The molecule has 0 spiro atoms. The van der Waals surface area contributed by atoms with Crippen LogP contribution >= 0.6 is 0 Å². The van der Waals surface area contributed by atoms with Crippen LogP contribution in [0.25, 0.3) is 0 Å². The highest BCUT2D eigenvalue weighted by Crippen LogP contribution is 2.28. The molecule has 0 saturated heterocycles. The Morgan fingerprint density at radius 2 is 1.69 bits per heavy atom. The van der Waals surface area contributed by atoms with E-state index in [1.807, 2.05) is 0 Å². The summed E-state index contributed by atoms with van der Waals surface area (Å²) in [5, 5.41) is 0. The predicted molar refractivity (Wildman–Crippen MR) is 38.6 cm³/mol. The highest BCUT2D eigenvalue weighted by Gasteiger charge is 2.34. The minimum atomic E-state index is -4.77. The fourth-order valence-electron chi connectivity index (χ4n) is 0.710. The summed E-state index contributed by atoms with van der Waals surface area (Å²) in [7, 11) is 0. The van der Waals surface area contributed by atoms with Gasteiger partial charge < -0.3 is 4.74 Å². The first kappa shape index (κ1) is 12.5. The Morgan fingerprint density at radius 1 is 1.06 bits per heavy atom. The average Bonchev–Trinajstić information content (AvgIpc) is 2.13. The molecule has 0 aromatic carbocycles. The van der Waals surface area contributed by atoms with Crippen LogP contribution in [0.4, 0.5) is 26.3 Å². The van der Waals surface area contributed by atoms with Gasteiger partial charge in [0.15, 0.2) is 12.3 Å². The number of nitrogens with zero attached hydrogens (tertiary/aromatic N) is 2. The molecule has 0 N–H and O–H groups in total. The van der Waals surface area contributed by atoms with E-state index in [-0.39, 0.29) is 0 Å². The van der Waals surface area contributed by atoms with E-state index in [0.29, 0.717) is 12.4 Å². The topological polar surface area (TPSA) is 35.0 Å². The first-order valence-electron chi connectivity index (χ1n) is 3.77. The molecule has 3 nitrogen and oxygen atoms in total. The zero-order chi connectivity index (χ0) is 12.4. The summed E-state index contributed by atoms with van der Waals surface area (Å²) >= 11 is 0. The van der Waals surface area contributed by atoms with Gasteiger partial charge in [0.1, 0.15) is 0 Å². The number of aromatic nitrogens is 2. The normalized spacial score (nSPS) is 12.6. The molecule has 0 aliphatic carbocycles. The van der Waals surface area contributed by atoms with Crippen LogP contribution < -0.4 is 4.74 Å². The maximum absolute atomic E-state index is 12.1. The van der Waals surface area contributed by atoms with Gasteiger partial charge in [-0.15, -0.1) is 0 Å². The van der Waals surface area contributed by atoms with Crippen molar-refractivity contribution in [3.05, 3.63) is 18.1 Å². The molecular formula is C7H4F6N2O. The third-order valence-corrected chi connectivity index (χ3v) is 1.29. The highest BCUT2D eigenvalue weighted by molar-refractivity contribution is 5.10. The average molecular weight is 246 g/mol. The summed E-state index contributed by atoms with van der Waals surface area (Å²) in [6.45, 7) is -1.72. The van der Waals surface area contributed by atoms with Crippen LogP contribution in [0.5, 0.6) is 5.88 Å². The standard InChI is InChI=1S/C7H4F6N2O/c8-6(9,10)3-16-5-2-14-1-4(15-5)7(11,12)13/h1-2H,3H2. The lowest BCUT2D eigenvalue weighted by molar-refractivity contribution is -0.155. The maximum atomic E-state index is 12.1. The van der Waals surface area contributed by atoms with Crippen LogP contribution in [0.15, 0.2) is 12.4 Å². The van der Waals surface area contributed by atoms with Gasteiger partial charge in [0, 0.05) is 0 Å². The molecule has 0 unspecified atom stereocenters. The van der Waals surface area contributed by atoms with Crippen molar-refractivity contribution < 1.29 is 31.1 Å². The van der Waals surface area contributed by atoms with Gasteiger partial charge >= 0.3 is 12.4 Å². The van der Waals surface area contributed by atoms with E-state index in [0.717, 1.165) is 0 Å². The molecule has 0 aliphatic heterocycles. The van der Waals surface area contributed by atoms with E-state index >= 15 is 0 Å².